The minimum absolute atomic E-state index is 0.237. The van der Waals surface area contributed by atoms with Gasteiger partial charge in [-0.05, 0) is 24.3 Å². The normalized spacial score (nSPS) is 11.0. The van der Waals surface area contributed by atoms with Crippen LogP contribution in [-0.2, 0) is 14.8 Å². The van der Waals surface area contributed by atoms with Crippen molar-refractivity contribution in [1.29, 1.82) is 0 Å². The summed E-state index contributed by atoms with van der Waals surface area (Å²) in [5, 5.41) is 0. The lowest BCUT2D eigenvalue weighted by Gasteiger charge is -2.11. The monoisotopic (exact) mass is 357 g/mol. The van der Waals surface area contributed by atoms with Crippen LogP contribution >= 0.6 is 0 Å². The van der Waals surface area contributed by atoms with Crippen LogP contribution in [0.3, 0.4) is 0 Å². The summed E-state index contributed by atoms with van der Waals surface area (Å²) in [7, 11) is -3.07. The zero-order valence-electron chi connectivity index (χ0n) is 12.5. The molecule has 0 spiro atoms. The molecule has 6 nitrogen and oxygen atoms in total. The quantitative estimate of drug-likeness (QED) is 0.853. The van der Waals surface area contributed by atoms with Gasteiger partial charge in [0, 0.05) is 6.07 Å². The van der Waals surface area contributed by atoms with Crippen molar-refractivity contribution in [2.75, 3.05) is 13.7 Å². The fourth-order valence-corrected chi connectivity index (χ4v) is 2.84. The van der Waals surface area contributed by atoms with E-state index >= 15 is 0 Å². The molecule has 0 aliphatic heterocycles. The molecule has 0 unspecified atom stereocenters. The van der Waals surface area contributed by atoms with Crippen molar-refractivity contribution in [3.05, 3.63) is 54.1 Å². The second-order valence-electron chi connectivity index (χ2n) is 4.54. The van der Waals surface area contributed by atoms with Gasteiger partial charge in [-0.2, -0.15) is 0 Å². The van der Waals surface area contributed by atoms with Crippen LogP contribution in [0.15, 0.2) is 47.4 Å². The van der Waals surface area contributed by atoms with Crippen molar-refractivity contribution in [3.8, 4) is 11.5 Å². The number of carbonyl (C=O) groups excluding carboxylic acids is 1. The number of para-hydroxylation sites is 2. The smallest absolute Gasteiger partial charge is 0.271 e. The molecule has 0 aliphatic rings. The molecule has 1 amide bonds. The molecule has 0 fully saturated rings. The maximum Gasteiger partial charge on any atom is 0.271 e. The van der Waals surface area contributed by atoms with Crippen LogP contribution in [0, 0.1) is 11.6 Å². The molecule has 2 aromatic rings. The van der Waals surface area contributed by atoms with Crippen LogP contribution in [0.1, 0.15) is 0 Å². The number of carbonyl (C=O) groups is 1. The van der Waals surface area contributed by atoms with Crippen molar-refractivity contribution in [2.45, 2.75) is 4.90 Å². The van der Waals surface area contributed by atoms with Gasteiger partial charge in [0.15, 0.2) is 18.1 Å². The third-order valence-corrected chi connectivity index (χ3v) is 4.27. The van der Waals surface area contributed by atoms with E-state index in [9.17, 15) is 22.0 Å². The summed E-state index contributed by atoms with van der Waals surface area (Å²) >= 11 is 0. The second kappa shape index (κ2) is 7.26. The summed E-state index contributed by atoms with van der Waals surface area (Å²) < 4.78 is 62.0. The van der Waals surface area contributed by atoms with Crippen molar-refractivity contribution in [2.24, 2.45) is 0 Å². The Hall–Kier alpha value is -2.68. The Morgan fingerprint density at radius 3 is 2.42 bits per heavy atom. The van der Waals surface area contributed by atoms with E-state index in [2.05, 4.69) is 0 Å². The average Bonchev–Trinajstić information content (AvgIpc) is 2.52. The highest BCUT2D eigenvalue weighted by Crippen LogP contribution is 2.25. The minimum atomic E-state index is -4.48. The third kappa shape index (κ3) is 4.19. The van der Waals surface area contributed by atoms with E-state index < -0.39 is 39.1 Å². The number of amides is 1. The van der Waals surface area contributed by atoms with Gasteiger partial charge in [0.2, 0.25) is 0 Å². The van der Waals surface area contributed by atoms with Crippen LogP contribution in [0.4, 0.5) is 8.78 Å². The first kappa shape index (κ1) is 17.7. The lowest BCUT2D eigenvalue weighted by atomic mass is 10.3. The van der Waals surface area contributed by atoms with E-state index in [-0.39, 0.29) is 5.75 Å². The standard InChI is InChI=1S/C15H13F2NO5S/c1-22-12-4-2-3-5-13(12)23-9-15(19)18-24(20,21)14-7-6-10(16)8-11(14)17/h2-8H,9H2,1H3,(H,18,19). The van der Waals surface area contributed by atoms with Crippen LogP contribution in [0.25, 0.3) is 0 Å². The molecule has 0 bridgehead atoms. The Labute approximate surface area is 137 Å². The molecule has 0 aliphatic carbocycles. The molecule has 24 heavy (non-hydrogen) atoms. The number of methoxy groups -OCH3 is 1. The highest BCUT2D eigenvalue weighted by molar-refractivity contribution is 7.90. The molecular formula is C15H13F2NO5S. The van der Waals surface area contributed by atoms with Gasteiger partial charge in [-0.15, -0.1) is 0 Å². The van der Waals surface area contributed by atoms with E-state index in [0.29, 0.717) is 11.8 Å². The molecule has 0 radical (unpaired) electrons. The summed E-state index contributed by atoms with van der Waals surface area (Å²) in [6.45, 7) is -0.636. The van der Waals surface area contributed by atoms with E-state index in [4.69, 9.17) is 9.47 Å². The Balaban J connectivity index is 2.06. The average molecular weight is 357 g/mol. The number of halogens is 2. The van der Waals surface area contributed by atoms with E-state index in [1.165, 1.54) is 13.2 Å². The fourth-order valence-electron chi connectivity index (χ4n) is 1.81. The van der Waals surface area contributed by atoms with Gasteiger partial charge in [-0.1, -0.05) is 12.1 Å². The molecule has 0 atom stereocenters. The highest BCUT2D eigenvalue weighted by Gasteiger charge is 2.22. The molecule has 2 aromatic carbocycles. The number of nitrogens with one attached hydrogen (secondary N) is 1. The van der Waals surface area contributed by atoms with Gasteiger partial charge in [-0.25, -0.2) is 21.9 Å². The zero-order valence-corrected chi connectivity index (χ0v) is 13.3. The lowest BCUT2D eigenvalue weighted by molar-refractivity contribution is -0.121. The van der Waals surface area contributed by atoms with Crippen LogP contribution < -0.4 is 14.2 Å². The van der Waals surface area contributed by atoms with Gasteiger partial charge < -0.3 is 9.47 Å². The Kier molecular flexibility index (Phi) is 5.35. The lowest BCUT2D eigenvalue weighted by Crippen LogP contribution is -2.34. The predicted molar refractivity (Wildman–Crippen MR) is 80.2 cm³/mol. The molecule has 1 N–H and O–H groups in total. The summed E-state index contributed by atoms with van der Waals surface area (Å²) in [5.41, 5.74) is 0. The Bertz CT molecular complexity index is 855. The van der Waals surface area contributed by atoms with Crippen molar-refractivity contribution in [3.63, 3.8) is 0 Å². The van der Waals surface area contributed by atoms with Gasteiger partial charge in [-0.3, -0.25) is 4.79 Å². The molecule has 0 heterocycles. The largest absolute Gasteiger partial charge is 0.493 e. The second-order valence-corrected chi connectivity index (χ2v) is 6.19. The van der Waals surface area contributed by atoms with Crippen molar-refractivity contribution >= 4 is 15.9 Å². The Morgan fingerprint density at radius 1 is 1.12 bits per heavy atom. The number of ether oxygens (including phenoxy) is 2. The molecule has 0 saturated carbocycles. The summed E-state index contributed by atoms with van der Waals surface area (Å²) in [5.74, 6) is -2.67. The third-order valence-electron chi connectivity index (χ3n) is 2.86. The van der Waals surface area contributed by atoms with Gasteiger partial charge in [0.25, 0.3) is 15.9 Å². The van der Waals surface area contributed by atoms with Crippen LogP contribution in [-0.4, -0.2) is 28.0 Å². The van der Waals surface area contributed by atoms with E-state index in [1.807, 2.05) is 0 Å². The molecule has 2 rings (SSSR count). The van der Waals surface area contributed by atoms with Crippen molar-refractivity contribution < 1.29 is 31.5 Å². The summed E-state index contributed by atoms with van der Waals surface area (Å²) in [6, 6.07) is 8.35. The number of hydrogen-bond donors (Lipinski definition) is 1. The molecule has 128 valence electrons. The van der Waals surface area contributed by atoms with Crippen molar-refractivity contribution in [1.82, 2.24) is 4.72 Å². The first-order chi connectivity index (χ1) is 11.3. The fraction of sp³-hybridized carbons (Fsp3) is 0.133. The topological polar surface area (TPSA) is 81.7 Å². The minimum Gasteiger partial charge on any atom is -0.493 e. The number of sulfonamides is 1. The number of rotatable bonds is 6. The SMILES string of the molecule is COc1ccccc1OCC(=O)NS(=O)(=O)c1ccc(F)cc1F. The maximum atomic E-state index is 13.5. The maximum absolute atomic E-state index is 13.5. The number of benzene rings is 2. The molecular weight excluding hydrogens is 344 g/mol. The van der Waals surface area contributed by atoms with Crippen LogP contribution in [0.5, 0.6) is 11.5 Å². The summed E-state index contributed by atoms with van der Waals surface area (Å²) in [4.78, 5) is 10.9. The predicted octanol–water partition coefficient (Wildman–Crippen LogP) is 1.86. The van der Waals surface area contributed by atoms with E-state index in [0.717, 1.165) is 12.1 Å². The zero-order chi connectivity index (χ0) is 17.7. The summed E-state index contributed by atoms with van der Waals surface area (Å²) in [6.07, 6.45) is 0. The highest BCUT2D eigenvalue weighted by atomic mass is 32.2. The van der Waals surface area contributed by atoms with E-state index in [1.54, 1.807) is 22.9 Å². The first-order valence-electron chi connectivity index (χ1n) is 6.60. The van der Waals surface area contributed by atoms with Gasteiger partial charge >= 0.3 is 0 Å². The molecule has 0 aromatic heterocycles. The number of hydrogen-bond acceptors (Lipinski definition) is 5. The Morgan fingerprint density at radius 2 is 1.79 bits per heavy atom. The molecule has 0 saturated heterocycles. The van der Waals surface area contributed by atoms with Gasteiger partial charge in [0.1, 0.15) is 16.5 Å². The first-order valence-corrected chi connectivity index (χ1v) is 8.08. The van der Waals surface area contributed by atoms with Crippen LogP contribution in [0.2, 0.25) is 0 Å². The molecule has 9 heteroatoms. The van der Waals surface area contributed by atoms with Gasteiger partial charge in [0.05, 0.1) is 7.11 Å².